The molecule has 2 heterocycles. The van der Waals surface area contributed by atoms with E-state index in [1.54, 1.807) is 11.7 Å². The van der Waals surface area contributed by atoms with Gasteiger partial charge in [0.25, 0.3) is 5.91 Å². The fourth-order valence-corrected chi connectivity index (χ4v) is 1.37. The molecular weight excluding hydrogens is 170 g/mol. The lowest BCUT2D eigenvalue weighted by Gasteiger charge is -2.13. The first-order chi connectivity index (χ1) is 6.33. The van der Waals surface area contributed by atoms with Gasteiger partial charge in [-0.2, -0.15) is 0 Å². The average molecular weight is 181 g/mol. The van der Waals surface area contributed by atoms with Crippen LogP contribution in [0, 0.1) is 0 Å². The number of nitrogens with zero attached hydrogens (tertiary/aromatic N) is 3. The highest BCUT2D eigenvalue weighted by Gasteiger charge is 2.20. The minimum atomic E-state index is -0.176. The van der Waals surface area contributed by atoms with Gasteiger partial charge in [-0.3, -0.25) is 4.79 Å². The summed E-state index contributed by atoms with van der Waals surface area (Å²) in [5.41, 5.74) is 1.29. The van der Waals surface area contributed by atoms with Crippen molar-refractivity contribution >= 4 is 5.91 Å². The summed E-state index contributed by atoms with van der Waals surface area (Å²) >= 11 is 0. The molecule has 0 radical (unpaired) electrons. The van der Waals surface area contributed by atoms with Crippen LogP contribution in [0.3, 0.4) is 0 Å². The average Bonchev–Trinajstić information content (AvgIpc) is 2.60. The first kappa shape index (κ1) is 8.18. The van der Waals surface area contributed by atoms with E-state index in [-0.39, 0.29) is 5.91 Å². The maximum atomic E-state index is 11.3. The molecule has 1 aromatic rings. The Bertz CT molecular complexity index is 332. The molecule has 0 unspecified atom stereocenters. The van der Waals surface area contributed by atoms with Gasteiger partial charge in [0.1, 0.15) is 0 Å². The van der Waals surface area contributed by atoms with Crippen molar-refractivity contribution in [2.75, 3.05) is 13.6 Å². The van der Waals surface area contributed by atoms with Crippen LogP contribution in [0.15, 0.2) is 0 Å². The third kappa shape index (κ3) is 1.29. The normalized spacial score (nSPS) is 15.2. The Morgan fingerprint density at radius 2 is 2.54 bits per heavy atom. The van der Waals surface area contributed by atoms with Crippen molar-refractivity contribution in [2.45, 2.75) is 13.1 Å². The van der Waals surface area contributed by atoms with Crippen molar-refractivity contribution < 1.29 is 4.79 Å². The summed E-state index contributed by atoms with van der Waals surface area (Å²) in [7, 11) is 1.59. The third-order valence-electron chi connectivity index (χ3n) is 2.07. The molecule has 0 spiro atoms. The summed E-state index contributed by atoms with van der Waals surface area (Å²) in [6, 6.07) is 0. The van der Waals surface area contributed by atoms with Crippen LogP contribution in [-0.2, 0) is 13.1 Å². The summed E-state index contributed by atoms with van der Waals surface area (Å²) in [4.78, 5) is 11.3. The van der Waals surface area contributed by atoms with Crippen molar-refractivity contribution in [2.24, 2.45) is 0 Å². The van der Waals surface area contributed by atoms with Gasteiger partial charge in [-0.15, -0.1) is 5.10 Å². The van der Waals surface area contributed by atoms with Crippen LogP contribution < -0.4 is 10.6 Å². The smallest absolute Gasteiger partial charge is 0.273 e. The molecule has 0 aromatic carbocycles. The number of carbonyl (C=O) groups is 1. The summed E-state index contributed by atoms with van der Waals surface area (Å²) in [6.07, 6.45) is 0. The van der Waals surface area contributed by atoms with Crippen LogP contribution >= 0.6 is 0 Å². The molecule has 0 fully saturated rings. The fraction of sp³-hybridized carbons (Fsp3) is 0.571. The highest BCUT2D eigenvalue weighted by Crippen LogP contribution is 2.07. The minimum absolute atomic E-state index is 0.176. The van der Waals surface area contributed by atoms with Gasteiger partial charge in [0, 0.05) is 20.1 Å². The molecule has 70 valence electrons. The predicted molar refractivity (Wildman–Crippen MR) is 45.1 cm³/mol. The maximum absolute atomic E-state index is 11.3. The van der Waals surface area contributed by atoms with Gasteiger partial charge in [0.2, 0.25) is 0 Å². The molecule has 1 amide bonds. The third-order valence-corrected chi connectivity index (χ3v) is 2.07. The molecule has 0 saturated heterocycles. The Morgan fingerprint density at radius 1 is 1.69 bits per heavy atom. The summed E-state index contributed by atoms with van der Waals surface area (Å²) in [5, 5.41) is 13.4. The van der Waals surface area contributed by atoms with Gasteiger partial charge < -0.3 is 10.6 Å². The molecule has 1 aliphatic heterocycles. The SMILES string of the molecule is CNC(=O)c1nnn2c1CNCC2. The Kier molecular flexibility index (Phi) is 1.97. The highest BCUT2D eigenvalue weighted by atomic mass is 16.1. The Hall–Kier alpha value is -1.43. The number of nitrogens with one attached hydrogen (secondary N) is 2. The zero-order valence-corrected chi connectivity index (χ0v) is 7.37. The Morgan fingerprint density at radius 3 is 3.31 bits per heavy atom. The van der Waals surface area contributed by atoms with Crippen LogP contribution in [0.1, 0.15) is 16.2 Å². The summed E-state index contributed by atoms with van der Waals surface area (Å²) < 4.78 is 1.76. The number of fused-ring (bicyclic) bond motifs is 1. The highest BCUT2D eigenvalue weighted by molar-refractivity contribution is 5.93. The van der Waals surface area contributed by atoms with Gasteiger partial charge in [0.15, 0.2) is 5.69 Å². The topological polar surface area (TPSA) is 71.8 Å². The van der Waals surface area contributed by atoms with Gasteiger partial charge >= 0.3 is 0 Å². The van der Waals surface area contributed by atoms with E-state index in [2.05, 4.69) is 20.9 Å². The molecule has 1 aromatic heterocycles. The molecule has 6 nitrogen and oxygen atoms in total. The quantitative estimate of drug-likeness (QED) is 0.567. The second-order valence-electron chi connectivity index (χ2n) is 2.86. The van der Waals surface area contributed by atoms with Crippen LogP contribution in [0.5, 0.6) is 0 Å². The summed E-state index contributed by atoms with van der Waals surface area (Å²) in [6.45, 7) is 2.32. The van der Waals surface area contributed by atoms with Crippen molar-refractivity contribution in [3.63, 3.8) is 0 Å². The van der Waals surface area contributed by atoms with Gasteiger partial charge in [-0.05, 0) is 0 Å². The van der Waals surface area contributed by atoms with Crippen molar-refractivity contribution in [1.29, 1.82) is 0 Å². The molecule has 1 aliphatic rings. The molecular formula is C7H11N5O. The first-order valence-corrected chi connectivity index (χ1v) is 4.18. The Labute approximate surface area is 75.3 Å². The zero-order valence-electron chi connectivity index (χ0n) is 7.37. The maximum Gasteiger partial charge on any atom is 0.273 e. The lowest BCUT2D eigenvalue weighted by molar-refractivity contribution is 0.0956. The van der Waals surface area contributed by atoms with Crippen molar-refractivity contribution in [3.8, 4) is 0 Å². The number of rotatable bonds is 1. The summed E-state index contributed by atoms with van der Waals surface area (Å²) in [5.74, 6) is -0.176. The predicted octanol–water partition coefficient (Wildman–Crippen LogP) is -1.26. The van der Waals surface area contributed by atoms with Crippen molar-refractivity contribution in [1.82, 2.24) is 25.6 Å². The molecule has 0 saturated carbocycles. The number of amides is 1. The van der Waals surface area contributed by atoms with E-state index < -0.39 is 0 Å². The molecule has 13 heavy (non-hydrogen) atoms. The molecule has 2 N–H and O–H groups in total. The number of hydrogen-bond acceptors (Lipinski definition) is 4. The van der Waals surface area contributed by atoms with Crippen LogP contribution in [0.4, 0.5) is 0 Å². The van der Waals surface area contributed by atoms with E-state index in [0.29, 0.717) is 12.2 Å². The number of aromatic nitrogens is 3. The Balaban J connectivity index is 2.36. The number of carbonyl (C=O) groups excluding carboxylic acids is 1. The second kappa shape index (κ2) is 3.14. The largest absolute Gasteiger partial charge is 0.354 e. The van der Waals surface area contributed by atoms with Crippen LogP contribution in [0.2, 0.25) is 0 Å². The van der Waals surface area contributed by atoms with E-state index in [1.807, 2.05) is 0 Å². The van der Waals surface area contributed by atoms with E-state index in [9.17, 15) is 4.79 Å². The van der Waals surface area contributed by atoms with Gasteiger partial charge in [0.05, 0.1) is 12.2 Å². The van der Waals surface area contributed by atoms with E-state index in [4.69, 9.17) is 0 Å². The minimum Gasteiger partial charge on any atom is -0.354 e. The molecule has 0 bridgehead atoms. The monoisotopic (exact) mass is 181 g/mol. The van der Waals surface area contributed by atoms with Gasteiger partial charge in [-0.25, -0.2) is 4.68 Å². The first-order valence-electron chi connectivity index (χ1n) is 4.18. The lowest BCUT2D eigenvalue weighted by Crippen LogP contribution is -2.30. The molecule has 2 rings (SSSR count). The zero-order chi connectivity index (χ0) is 9.26. The van der Waals surface area contributed by atoms with E-state index >= 15 is 0 Å². The standard InChI is InChI=1S/C7H11N5O/c1-8-7(13)6-5-4-9-2-3-12(5)11-10-6/h9H,2-4H2,1H3,(H,8,13). The van der Waals surface area contributed by atoms with Crippen LogP contribution in [-0.4, -0.2) is 34.5 Å². The van der Waals surface area contributed by atoms with Crippen molar-refractivity contribution in [3.05, 3.63) is 11.4 Å². The fourth-order valence-electron chi connectivity index (χ4n) is 1.37. The molecule has 0 aliphatic carbocycles. The van der Waals surface area contributed by atoms with Gasteiger partial charge in [-0.1, -0.05) is 5.21 Å². The van der Waals surface area contributed by atoms with E-state index in [0.717, 1.165) is 18.8 Å². The number of hydrogen-bond donors (Lipinski definition) is 2. The second-order valence-corrected chi connectivity index (χ2v) is 2.86. The molecule has 6 heteroatoms. The van der Waals surface area contributed by atoms with Crippen LogP contribution in [0.25, 0.3) is 0 Å². The molecule has 0 atom stereocenters. The van der Waals surface area contributed by atoms with E-state index in [1.165, 1.54) is 0 Å². The lowest BCUT2D eigenvalue weighted by atomic mass is 10.2.